The standard InChI is InChI=1S/C13H24O3/c1-5-15-12(14)10-6-8-11(9-7-10)16-13(2,3)4/h10-11H,5-9H2,1-4H3/t10-,11-. The summed E-state index contributed by atoms with van der Waals surface area (Å²) in [7, 11) is 0. The SMILES string of the molecule is CCOC(=O)[C@H]1CC[C@H](OC(C)(C)C)CC1. The molecular weight excluding hydrogens is 204 g/mol. The summed E-state index contributed by atoms with van der Waals surface area (Å²) in [5.74, 6) is 0.0662. The van der Waals surface area contributed by atoms with Gasteiger partial charge in [-0.2, -0.15) is 0 Å². The molecule has 0 aromatic rings. The molecule has 1 aliphatic carbocycles. The summed E-state index contributed by atoms with van der Waals surface area (Å²) in [5.41, 5.74) is -0.0819. The number of hydrogen-bond acceptors (Lipinski definition) is 3. The van der Waals surface area contributed by atoms with Gasteiger partial charge in [-0.05, 0) is 53.4 Å². The van der Waals surface area contributed by atoms with E-state index in [4.69, 9.17) is 9.47 Å². The van der Waals surface area contributed by atoms with E-state index < -0.39 is 0 Å². The summed E-state index contributed by atoms with van der Waals surface area (Å²) < 4.78 is 11.0. The van der Waals surface area contributed by atoms with E-state index in [9.17, 15) is 4.79 Å². The molecular formula is C13H24O3. The molecule has 0 unspecified atom stereocenters. The van der Waals surface area contributed by atoms with Gasteiger partial charge in [0.25, 0.3) is 0 Å². The van der Waals surface area contributed by atoms with Gasteiger partial charge in [0.2, 0.25) is 0 Å². The maximum absolute atomic E-state index is 11.5. The van der Waals surface area contributed by atoms with Crippen LogP contribution < -0.4 is 0 Å². The number of carbonyl (C=O) groups is 1. The predicted octanol–water partition coefficient (Wildman–Crippen LogP) is 2.92. The molecule has 0 saturated heterocycles. The Morgan fingerprint density at radius 1 is 1.19 bits per heavy atom. The molecule has 3 nitrogen and oxygen atoms in total. The van der Waals surface area contributed by atoms with Crippen LogP contribution in [0, 0.1) is 5.92 Å². The monoisotopic (exact) mass is 228 g/mol. The van der Waals surface area contributed by atoms with Crippen LogP contribution in [0.5, 0.6) is 0 Å². The van der Waals surface area contributed by atoms with Crippen LogP contribution in [-0.4, -0.2) is 24.3 Å². The van der Waals surface area contributed by atoms with Gasteiger partial charge < -0.3 is 9.47 Å². The molecule has 0 bridgehead atoms. The quantitative estimate of drug-likeness (QED) is 0.697. The minimum atomic E-state index is -0.0819. The Balaban J connectivity index is 2.31. The van der Waals surface area contributed by atoms with Crippen molar-refractivity contribution >= 4 is 5.97 Å². The van der Waals surface area contributed by atoms with Crippen molar-refractivity contribution in [3.63, 3.8) is 0 Å². The second-order valence-corrected chi connectivity index (χ2v) is 5.46. The number of hydrogen-bond donors (Lipinski definition) is 0. The molecule has 3 heteroatoms. The van der Waals surface area contributed by atoms with Gasteiger partial charge in [-0.1, -0.05) is 0 Å². The van der Waals surface area contributed by atoms with Gasteiger partial charge in [-0.15, -0.1) is 0 Å². The van der Waals surface area contributed by atoms with Gasteiger partial charge in [-0.25, -0.2) is 0 Å². The fourth-order valence-electron chi connectivity index (χ4n) is 2.18. The van der Waals surface area contributed by atoms with Crippen LogP contribution in [-0.2, 0) is 14.3 Å². The highest BCUT2D eigenvalue weighted by molar-refractivity contribution is 5.72. The van der Waals surface area contributed by atoms with Crippen molar-refractivity contribution < 1.29 is 14.3 Å². The maximum atomic E-state index is 11.5. The molecule has 0 aliphatic heterocycles. The Morgan fingerprint density at radius 3 is 2.19 bits per heavy atom. The van der Waals surface area contributed by atoms with Crippen LogP contribution >= 0.6 is 0 Å². The Kier molecular flexibility index (Phi) is 4.78. The molecule has 0 spiro atoms. The van der Waals surface area contributed by atoms with Crippen molar-refractivity contribution in [1.82, 2.24) is 0 Å². The predicted molar refractivity (Wildman–Crippen MR) is 63.2 cm³/mol. The largest absolute Gasteiger partial charge is 0.466 e. The zero-order valence-corrected chi connectivity index (χ0v) is 10.9. The highest BCUT2D eigenvalue weighted by Gasteiger charge is 2.29. The number of ether oxygens (including phenoxy) is 2. The first kappa shape index (κ1) is 13.5. The van der Waals surface area contributed by atoms with Crippen LogP contribution in [0.4, 0.5) is 0 Å². The first-order valence-electron chi connectivity index (χ1n) is 6.27. The molecule has 0 atom stereocenters. The van der Waals surface area contributed by atoms with Gasteiger partial charge in [0, 0.05) is 0 Å². The van der Waals surface area contributed by atoms with Gasteiger partial charge in [0.1, 0.15) is 0 Å². The highest BCUT2D eigenvalue weighted by Crippen LogP contribution is 2.29. The summed E-state index contributed by atoms with van der Waals surface area (Å²) in [6, 6.07) is 0. The zero-order valence-electron chi connectivity index (χ0n) is 10.9. The summed E-state index contributed by atoms with van der Waals surface area (Å²) in [5, 5.41) is 0. The van der Waals surface area contributed by atoms with Crippen molar-refractivity contribution in [2.24, 2.45) is 5.92 Å². The van der Waals surface area contributed by atoms with Crippen LogP contribution in [0.25, 0.3) is 0 Å². The first-order valence-corrected chi connectivity index (χ1v) is 6.27. The third kappa shape index (κ3) is 4.52. The Hall–Kier alpha value is -0.570. The summed E-state index contributed by atoms with van der Waals surface area (Å²) in [6.07, 6.45) is 4.06. The van der Waals surface area contributed by atoms with Crippen molar-refractivity contribution in [2.75, 3.05) is 6.61 Å². The minimum Gasteiger partial charge on any atom is -0.466 e. The van der Waals surface area contributed by atoms with E-state index in [0.29, 0.717) is 12.7 Å². The highest BCUT2D eigenvalue weighted by atomic mass is 16.5. The molecule has 1 aliphatic rings. The smallest absolute Gasteiger partial charge is 0.308 e. The van der Waals surface area contributed by atoms with Crippen LogP contribution in [0.2, 0.25) is 0 Å². The lowest BCUT2D eigenvalue weighted by atomic mass is 9.87. The minimum absolute atomic E-state index is 0.0308. The van der Waals surface area contributed by atoms with Crippen molar-refractivity contribution in [2.45, 2.75) is 65.1 Å². The third-order valence-corrected chi connectivity index (χ3v) is 2.81. The fraction of sp³-hybridized carbons (Fsp3) is 0.923. The summed E-state index contributed by atoms with van der Waals surface area (Å²) >= 11 is 0. The second-order valence-electron chi connectivity index (χ2n) is 5.46. The molecule has 0 aromatic heterocycles. The second kappa shape index (κ2) is 5.67. The van der Waals surface area contributed by atoms with Crippen LogP contribution in [0.3, 0.4) is 0 Å². The third-order valence-electron chi connectivity index (χ3n) is 2.81. The fourth-order valence-corrected chi connectivity index (χ4v) is 2.18. The van der Waals surface area contributed by atoms with E-state index in [0.717, 1.165) is 25.7 Å². The lowest BCUT2D eigenvalue weighted by Crippen LogP contribution is -2.32. The van der Waals surface area contributed by atoms with Crippen molar-refractivity contribution in [3.05, 3.63) is 0 Å². The lowest BCUT2D eigenvalue weighted by Gasteiger charge is -2.32. The van der Waals surface area contributed by atoms with Crippen molar-refractivity contribution in [3.8, 4) is 0 Å². The molecule has 1 saturated carbocycles. The molecule has 0 N–H and O–H groups in total. The maximum Gasteiger partial charge on any atom is 0.308 e. The van der Waals surface area contributed by atoms with Crippen LogP contribution in [0.15, 0.2) is 0 Å². The average Bonchev–Trinajstić information content (AvgIpc) is 2.16. The van der Waals surface area contributed by atoms with Gasteiger partial charge >= 0.3 is 5.97 Å². The van der Waals surface area contributed by atoms with Gasteiger partial charge in [-0.3, -0.25) is 4.79 Å². The normalized spacial score (nSPS) is 26.5. The zero-order chi connectivity index (χ0) is 12.2. The molecule has 0 aromatic carbocycles. The first-order chi connectivity index (χ1) is 7.42. The molecule has 16 heavy (non-hydrogen) atoms. The van der Waals surface area contributed by atoms with Crippen LogP contribution in [0.1, 0.15) is 53.4 Å². The lowest BCUT2D eigenvalue weighted by molar-refractivity contribution is -0.151. The van der Waals surface area contributed by atoms with Gasteiger partial charge in [0.15, 0.2) is 0 Å². The molecule has 1 fully saturated rings. The van der Waals surface area contributed by atoms with Crippen molar-refractivity contribution in [1.29, 1.82) is 0 Å². The van der Waals surface area contributed by atoms with E-state index >= 15 is 0 Å². The van der Waals surface area contributed by atoms with Gasteiger partial charge in [0.05, 0.1) is 24.2 Å². The number of esters is 1. The van der Waals surface area contributed by atoms with E-state index in [1.807, 2.05) is 6.92 Å². The van der Waals surface area contributed by atoms with E-state index in [2.05, 4.69) is 20.8 Å². The Bertz CT molecular complexity index is 222. The topological polar surface area (TPSA) is 35.5 Å². The summed E-state index contributed by atoms with van der Waals surface area (Å²) in [4.78, 5) is 11.5. The molecule has 0 radical (unpaired) electrons. The Morgan fingerprint density at radius 2 is 1.75 bits per heavy atom. The molecule has 1 rings (SSSR count). The summed E-state index contributed by atoms with van der Waals surface area (Å²) in [6.45, 7) is 8.56. The molecule has 0 heterocycles. The number of carbonyl (C=O) groups excluding carboxylic acids is 1. The molecule has 0 amide bonds. The molecule has 94 valence electrons. The Labute approximate surface area is 98.5 Å². The van der Waals surface area contributed by atoms with E-state index in [1.54, 1.807) is 0 Å². The average molecular weight is 228 g/mol. The van der Waals surface area contributed by atoms with E-state index in [-0.39, 0.29) is 17.5 Å². The number of rotatable bonds is 3. The van der Waals surface area contributed by atoms with E-state index in [1.165, 1.54) is 0 Å².